The Balaban J connectivity index is 1.92. The lowest BCUT2D eigenvalue weighted by Crippen LogP contribution is -2.38. The van der Waals surface area contributed by atoms with Crippen molar-refractivity contribution in [1.82, 2.24) is 15.0 Å². The van der Waals surface area contributed by atoms with Crippen LogP contribution in [0.5, 0.6) is 0 Å². The highest BCUT2D eigenvalue weighted by molar-refractivity contribution is 8.01. The molecular formula is C17H14N4O2S2. The minimum absolute atomic E-state index is 0.150. The van der Waals surface area contributed by atoms with Crippen LogP contribution in [0, 0.1) is 0 Å². The molecule has 0 saturated carbocycles. The Bertz CT molecular complexity index is 1070. The molecule has 4 rings (SSSR count). The largest absolute Gasteiger partial charge is 0.358 e. The molecule has 1 unspecified atom stereocenters. The average Bonchev–Trinajstić information content (AvgIpc) is 3.06. The lowest BCUT2D eigenvalue weighted by Gasteiger charge is -2.20. The first-order valence-corrected chi connectivity index (χ1v) is 9.39. The molecule has 0 fully saturated rings. The van der Waals surface area contributed by atoms with Gasteiger partial charge in [-0.15, -0.1) is 11.3 Å². The van der Waals surface area contributed by atoms with Crippen molar-refractivity contribution in [1.29, 1.82) is 0 Å². The van der Waals surface area contributed by atoms with E-state index in [2.05, 4.69) is 15.4 Å². The Labute approximate surface area is 151 Å². The van der Waals surface area contributed by atoms with E-state index in [1.807, 2.05) is 35.7 Å². The summed E-state index contributed by atoms with van der Waals surface area (Å²) in [6, 6.07) is 9.75. The van der Waals surface area contributed by atoms with Crippen molar-refractivity contribution in [2.75, 3.05) is 7.05 Å². The fraction of sp³-hybridized carbons (Fsp3) is 0.176. The highest BCUT2D eigenvalue weighted by atomic mass is 32.2. The van der Waals surface area contributed by atoms with Gasteiger partial charge in [0.1, 0.15) is 10.1 Å². The van der Waals surface area contributed by atoms with E-state index in [-0.39, 0.29) is 11.5 Å². The summed E-state index contributed by atoms with van der Waals surface area (Å²) in [6.45, 7) is 1.75. The molecule has 0 aliphatic carbocycles. The average molecular weight is 370 g/mol. The Hall–Kier alpha value is -2.45. The standard InChI is InChI=1S/C17H14N4O2S2/c1-9-13(14(22)18-2)25-17-19-15-12(16(23)21(17)20-9)11(8-24-15)10-6-4-3-5-7-10/h3-8,13H,1-2H3,(H,18,22). The molecule has 3 aromatic rings. The minimum atomic E-state index is -0.470. The number of carbonyl (C=O) groups is 1. The van der Waals surface area contributed by atoms with Crippen LogP contribution >= 0.6 is 23.1 Å². The Morgan fingerprint density at radius 1 is 1.28 bits per heavy atom. The van der Waals surface area contributed by atoms with Gasteiger partial charge in [-0.3, -0.25) is 9.59 Å². The molecule has 2 aromatic heterocycles. The molecular weight excluding hydrogens is 356 g/mol. The van der Waals surface area contributed by atoms with Crippen molar-refractivity contribution in [3.63, 3.8) is 0 Å². The van der Waals surface area contributed by atoms with Crippen LogP contribution in [0.1, 0.15) is 6.92 Å². The first-order chi connectivity index (χ1) is 12.1. The summed E-state index contributed by atoms with van der Waals surface area (Å²) in [6.07, 6.45) is 0. The van der Waals surface area contributed by atoms with Crippen LogP contribution < -0.4 is 10.9 Å². The van der Waals surface area contributed by atoms with Crippen molar-refractivity contribution >= 4 is 44.9 Å². The number of thioether (sulfide) groups is 1. The maximum atomic E-state index is 13.0. The quantitative estimate of drug-likeness (QED) is 0.704. The lowest BCUT2D eigenvalue weighted by atomic mass is 10.1. The van der Waals surface area contributed by atoms with Crippen LogP contribution in [0.25, 0.3) is 21.3 Å². The zero-order valence-electron chi connectivity index (χ0n) is 13.5. The summed E-state index contributed by atoms with van der Waals surface area (Å²) in [5.74, 6) is -0.150. The molecule has 0 spiro atoms. The first kappa shape index (κ1) is 16.0. The number of rotatable bonds is 2. The molecule has 126 valence electrons. The normalized spacial score (nSPS) is 16.4. The predicted molar refractivity (Wildman–Crippen MR) is 102 cm³/mol. The molecule has 1 N–H and O–H groups in total. The van der Waals surface area contributed by atoms with E-state index in [0.29, 0.717) is 21.1 Å². The predicted octanol–water partition coefficient (Wildman–Crippen LogP) is 2.57. The molecule has 25 heavy (non-hydrogen) atoms. The van der Waals surface area contributed by atoms with Gasteiger partial charge in [-0.25, -0.2) is 4.98 Å². The van der Waals surface area contributed by atoms with Gasteiger partial charge in [0.05, 0.1) is 11.1 Å². The number of hydrogen-bond donors (Lipinski definition) is 1. The zero-order chi connectivity index (χ0) is 17.6. The number of thiophene rings is 1. The molecule has 0 bridgehead atoms. The third-order valence-corrected chi connectivity index (χ3v) is 6.12. The lowest BCUT2D eigenvalue weighted by molar-refractivity contribution is -0.119. The molecule has 1 aliphatic rings. The Morgan fingerprint density at radius 2 is 2.04 bits per heavy atom. The number of hydrogen-bond acceptors (Lipinski definition) is 6. The topological polar surface area (TPSA) is 76.3 Å². The summed E-state index contributed by atoms with van der Waals surface area (Å²) in [4.78, 5) is 30.3. The second kappa shape index (κ2) is 6.12. The fourth-order valence-electron chi connectivity index (χ4n) is 2.73. The zero-order valence-corrected chi connectivity index (χ0v) is 15.1. The van der Waals surface area contributed by atoms with Gasteiger partial charge in [0, 0.05) is 18.0 Å². The van der Waals surface area contributed by atoms with Crippen LogP contribution in [-0.2, 0) is 4.79 Å². The molecule has 1 amide bonds. The van der Waals surface area contributed by atoms with Crippen molar-refractivity contribution in [3.05, 3.63) is 46.1 Å². The van der Waals surface area contributed by atoms with Gasteiger partial charge in [0.15, 0.2) is 5.16 Å². The highest BCUT2D eigenvalue weighted by Crippen LogP contribution is 2.34. The van der Waals surface area contributed by atoms with Crippen LogP contribution in [0.15, 0.2) is 50.8 Å². The number of nitrogens with zero attached hydrogens (tertiary/aromatic N) is 3. The van der Waals surface area contributed by atoms with E-state index in [9.17, 15) is 9.59 Å². The maximum Gasteiger partial charge on any atom is 0.284 e. The Morgan fingerprint density at radius 3 is 2.76 bits per heavy atom. The van der Waals surface area contributed by atoms with Gasteiger partial charge in [0.25, 0.3) is 5.56 Å². The summed E-state index contributed by atoms with van der Waals surface area (Å²) in [5, 5.41) is 9.44. The smallest absolute Gasteiger partial charge is 0.284 e. The summed E-state index contributed by atoms with van der Waals surface area (Å²) in [7, 11) is 1.58. The number of amides is 1. The van der Waals surface area contributed by atoms with E-state index in [1.165, 1.54) is 27.8 Å². The highest BCUT2D eigenvalue weighted by Gasteiger charge is 2.30. The van der Waals surface area contributed by atoms with Crippen LogP contribution in [0.4, 0.5) is 0 Å². The molecule has 8 heteroatoms. The van der Waals surface area contributed by atoms with Gasteiger partial charge in [-0.1, -0.05) is 42.1 Å². The second-order valence-corrected chi connectivity index (χ2v) is 7.49. The molecule has 3 heterocycles. The summed E-state index contributed by atoms with van der Waals surface area (Å²) >= 11 is 2.67. The van der Waals surface area contributed by atoms with E-state index < -0.39 is 5.25 Å². The van der Waals surface area contributed by atoms with Crippen LogP contribution in [0.3, 0.4) is 0 Å². The first-order valence-electron chi connectivity index (χ1n) is 7.63. The SMILES string of the molecule is CNC(=O)C1Sc2nc3scc(-c4ccccc4)c3c(=O)n2N=C1C. The van der Waals surface area contributed by atoms with Crippen molar-refractivity contribution in [3.8, 4) is 11.1 Å². The van der Waals surface area contributed by atoms with E-state index in [1.54, 1.807) is 14.0 Å². The van der Waals surface area contributed by atoms with Gasteiger partial charge in [-0.05, 0) is 12.5 Å². The molecule has 1 atom stereocenters. The van der Waals surface area contributed by atoms with Crippen LogP contribution in [-0.4, -0.2) is 33.6 Å². The summed E-state index contributed by atoms with van der Waals surface area (Å²) < 4.78 is 1.31. The fourth-order valence-corrected chi connectivity index (χ4v) is 4.75. The van der Waals surface area contributed by atoms with Gasteiger partial charge < -0.3 is 5.32 Å². The number of nitrogens with one attached hydrogen (secondary N) is 1. The molecule has 0 radical (unpaired) electrons. The maximum absolute atomic E-state index is 13.0. The molecule has 0 saturated heterocycles. The Kier molecular flexibility index (Phi) is 3.93. The van der Waals surface area contributed by atoms with E-state index in [0.717, 1.165) is 11.1 Å². The van der Waals surface area contributed by atoms with E-state index in [4.69, 9.17) is 0 Å². The van der Waals surface area contributed by atoms with Gasteiger partial charge in [-0.2, -0.15) is 9.78 Å². The van der Waals surface area contributed by atoms with Crippen molar-refractivity contribution in [2.45, 2.75) is 17.3 Å². The van der Waals surface area contributed by atoms with Crippen molar-refractivity contribution < 1.29 is 4.79 Å². The number of benzene rings is 1. The number of carbonyl (C=O) groups excluding carboxylic acids is 1. The number of aromatic nitrogens is 2. The van der Waals surface area contributed by atoms with Crippen LogP contribution in [0.2, 0.25) is 0 Å². The monoisotopic (exact) mass is 370 g/mol. The molecule has 1 aromatic carbocycles. The summed E-state index contributed by atoms with van der Waals surface area (Å²) in [5.41, 5.74) is 2.21. The van der Waals surface area contributed by atoms with Gasteiger partial charge >= 0.3 is 0 Å². The molecule has 1 aliphatic heterocycles. The van der Waals surface area contributed by atoms with E-state index >= 15 is 0 Å². The number of fused-ring (bicyclic) bond motifs is 2. The van der Waals surface area contributed by atoms with Gasteiger partial charge in [0.2, 0.25) is 5.91 Å². The molecule has 6 nitrogen and oxygen atoms in total. The second-order valence-electron chi connectivity index (χ2n) is 5.56. The van der Waals surface area contributed by atoms with Crippen molar-refractivity contribution in [2.24, 2.45) is 5.10 Å². The third-order valence-electron chi connectivity index (χ3n) is 3.99. The third kappa shape index (κ3) is 2.58. The minimum Gasteiger partial charge on any atom is -0.358 e.